The minimum absolute atomic E-state index is 0.160. The molecule has 0 fully saturated rings. The molecule has 0 saturated heterocycles. The van der Waals surface area contributed by atoms with Gasteiger partial charge in [-0.3, -0.25) is 4.98 Å². The van der Waals surface area contributed by atoms with E-state index in [4.69, 9.17) is 14.6 Å². The lowest BCUT2D eigenvalue weighted by atomic mass is 10.3. The van der Waals surface area contributed by atoms with Crippen LogP contribution in [0.4, 0.5) is 0 Å². The Bertz CT molecular complexity index is 485. The minimum atomic E-state index is -0.160. The smallest absolute Gasteiger partial charge is 0.238 e. The molecule has 0 saturated carbocycles. The van der Waals surface area contributed by atoms with Crippen LogP contribution in [0.2, 0.25) is 0 Å². The maximum atomic E-state index is 8.92. The lowest BCUT2D eigenvalue weighted by Crippen LogP contribution is -1.94. The second kappa shape index (κ2) is 5.27. The number of ether oxygens (including phenoxy) is 2. The van der Waals surface area contributed by atoms with Crippen molar-refractivity contribution in [1.82, 2.24) is 9.97 Å². The first-order chi connectivity index (χ1) is 8.31. The highest BCUT2D eigenvalue weighted by Gasteiger charge is 2.01. The molecular weight excluding hydrogens is 220 g/mol. The van der Waals surface area contributed by atoms with Crippen molar-refractivity contribution in [2.24, 2.45) is 0 Å². The van der Waals surface area contributed by atoms with Crippen molar-refractivity contribution >= 4 is 0 Å². The molecule has 0 unspecified atom stereocenters. The van der Waals surface area contributed by atoms with Crippen LogP contribution < -0.4 is 9.47 Å². The molecule has 88 valence electrons. The molecule has 5 nitrogen and oxygen atoms in total. The summed E-state index contributed by atoms with van der Waals surface area (Å²) in [7, 11) is 1.60. The van der Waals surface area contributed by atoms with Crippen molar-refractivity contribution in [3.8, 4) is 17.4 Å². The van der Waals surface area contributed by atoms with Gasteiger partial charge in [-0.05, 0) is 24.3 Å². The summed E-state index contributed by atoms with van der Waals surface area (Å²) in [6.07, 6.45) is 2.98. The molecule has 2 rings (SSSR count). The van der Waals surface area contributed by atoms with Crippen LogP contribution >= 0.6 is 0 Å². The van der Waals surface area contributed by atoms with Crippen LogP contribution in [0.5, 0.6) is 17.4 Å². The van der Waals surface area contributed by atoms with Crippen LogP contribution in [0, 0.1) is 0 Å². The van der Waals surface area contributed by atoms with Gasteiger partial charge in [0.05, 0.1) is 31.8 Å². The number of aliphatic hydroxyl groups excluding tert-OH is 1. The average Bonchev–Trinajstić information content (AvgIpc) is 2.40. The zero-order chi connectivity index (χ0) is 12.1. The highest BCUT2D eigenvalue weighted by molar-refractivity contribution is 5.33. The van der Waals surface area contributed by atoms with E-state index in [1.165, 1.54) is 12.4 Å². The molecule has 17 heavy (non-hydrogen) atoms. The molecule has 0 radical (unpaired) electrons. The van der Waals surface area contributed by atoms with Gasteiger partial charge in [0.15, 0.2) is 0 Å². The van der Waals surface area contributed by atoms with Crippen molar-refractivity contribution in [3.05, 3.63) is 42.4 Å². The van der Waals surface area contributed by atoms with Gasteiger partial charge in [-0.2, -0.15) is 0 Å². The molecule has 5 heteroatoms. The van der Waals surface area contributed by atoms with Gasteiger partial charge in [-0.25, -0.2) is 4.98 Å². The molecule has 0 atom stereocenters. The molecule has 0 aliphatic rings. The normalized spacial score (nSPS) is 10.0. The van der Waals surface area contributed by atoms with Crippen molar-refractivity contribution in [3.63, 3.8) is 0 Å². The summed E-state index contributed by atoms with van der Waals surface area (Å²) >= 11 is 0. The maximum absolute atomic E-state index is 8.92. The van der Waals surface area contributed by atoms with Crippen LogP contribution in [0.1, 0.15) is 5.69 Å². The largest absolute Gasteiger partial charge is 0.497 e. The Labute approximate surface area is 98.7 Å². The van der Waals surface area contributed by atoms with Crippen molar-refractivity contribution in [1.29, 1.82) is 0 Å². The fourth-order valence-electron chi connectivity index (χ4n) is 1.28. The van der Waals surface area contributed by atoms with Crippen molar-refractivity contribution < 1.29 is 14.6 Å². The summed E-state index contributed by atoms with van der Waals surface area (Å²) in [6, 6.07) is 7.12. The third-order valence-electron chi connectivity index (χ3n) is 2.11. The van der Waals surface area contributed by atoms with Crippen LogP contribution in [-0.2, 0) is 6.61 Å². The van der Waals surface area contributed by atoms with Gasteiger partial charge in [-0.15, -0.1) is 0 Å². The quantitative estimate of drug-likeness (QED) is 0.870. The Morgan fingerprint density at radius 1 is 1.12 bits per heavy atom. The van der Waals surface area contributed by atoms with E-state index in [1.807, 2.05) is 0 Å². The molecule has 0 amide bonds. The van der Waals surface area contributed by atoms with Crippen LogP contribution in [0.25, 0.3) is 0 Å². The SMILES string of the molecule is COc1ccc(Oc2cncc(CO)n2)cc1. The van der Waals surface area contributed by atoms with Gasteiger partial charge in [0.25, 0.3) is 0 Å². The summed E-state index contributed by atoms with van der Waals surface area (Å²) < 4.78 is 10.5. The Morgan fingerprint density at radius 2 is 1.82 bits per heavy atom. The lowest BCUT2D eigenvalue weighted by molar-refractivity contribution is 0.274. The highest BCUT2D eigenvalue weighted by atomic mass is 16.5. The third kappa shape index (κ3) is 2.92. The monoisotopic (exact) mass is 232 g/mol. The van der Waals surface area contributed by atoms with Crippen LogP contribution in [0.3, 0.4) is 0 Å². The van der Waals surface area contributed by atoms with Gasteiger partial charge >= 0.3 is 0 Å². The molecule has 0 aliphatic carbocycles. The lowest BCUT2D eigenvalue weighted by Gasteiger charge is -2.05. The van der Waals surface area contributed by atoms with E-state index in [1.54, 1.807) is 31.4 Å². The Hall–Kier alpha value is -2.14. The predicted octanol–water partition coefficient (Wildman–Crippen LogP) is 1.77. The number of aliphatic hydroxyl groups is 1. The fraction of sp³-hybridized carbons (Fsp3) is 0.167. The standard InChI is InChI=1S/C12H12N2O3/c1-16-10-2-4-11(5-3-10)17-12-7-13-6-9(8-15)14-12/h2-7,15H,8H2,1H3. The van der Waals surface area contributed by atoms with Crippen molar-refractivity contribution in [2.75, 3.05) is 7.11 Å². The van der Waals surface area contributed by atoms with Crippen LogP contribution in [0.15, 0.2) is 36.7 Å². The second-order valence-electron chi connectivity index (χ2n) is 3.28. The van der Waals surface area contributed by atoms with E-state index >= 15 is 0 Å². The second-order valence-corrected chi connectivity index (χ2v) is 3.28. The number of nitrogens with zero attached hydrogens (tertiary/aromatic N) is 2. The topological polar surface area (TPSA) is 64.5 Å². The van der Waals surface area contributed by atoms with Gasteiger partial charge in [0.2, 0.25) is 5.88 Å². The average molecular weight is 232 g/mol. The molecule has 0 spiro atoms. The van der Waals surface area contributed by atoms with Crippen LogP contribution in [-0.4, -0.2) is 22.2 Å². The van der Waals surface area contributed by atoms with Crippen molar-refractivity contribution in [2.45, 2.75) is 6.61 Å². The summed E-state index contributed by atoms with van der Waals surface area (Å²) in [5.41, 5.74) is 0.469. The number of hydrogen-bond acceptors (Lipinski definition) is 5. The first-order valence-corrected chi connectivity index (χ1v) is 5.05. The number of rotatable bonds is 4. The van der Waals surface area contributed by atoms with Gasteiger partial charge in [0.1, 0.15) is 11.5 Å². The van der Waals surface area contributed by atoms with E-state index in [2.05, 4.69) is 9.97 Å². The zero-order valence-electron chi connectivity index (χ0n) is 9.33. The minimum Gasteiger partial charge on any atom is -0.497 e. The molecular formula is C12H12N2O3. The molecule has 0 aliphatic heterocycles. The number of aromatic nitrogens is 2. The first-order valence-electron chi connectivity index (χ1n) is 5.05. The van der Waals surface area contributed by atoms with E-state index in [-0.39, 0.29) is 6.61 Å². The Morgan fingerprint density at radius 3 is 2.47 bits per heavy atom. The molecule has 0 bridgehead atoms. The molecule has 1 heterocycles. The number of methoxy groups -OCH3 is 1. The number of benzene rings is 1. The Balaban J connectivity index is 2.13. The summed E-state index contributed by atoms with van der Waals surface area (Å²) in [4.78, 5) is 7.98. The van der Waals surface area contributed by atoms with E-state index in [0.29, 0.717) is 17.3 Å². The molecule has 1 aromatic carbocycles. The molecule has 2 aromatic rings. The zero-order valence-corrected chi connectivity index (χ0v) is 9.33. The third-order valence-corrected chi connectivity index (χ3v) is 2.11. The predicted molar refractivity (Wildman–Crippen MR) is 61.0 cm³/mol. The van der Waals surface area contributed by atoms with Gasteiger partial charge < -0.3 is 14.6 Å². The Kier molecular flexibility index (Phi) is 3.52. The van der Waals surface area contributed by atoms with Gasteiger partial charge in [-0.1, -0.05) is 0 Å². The summed E-state index contributed by atoms with van der Waals surface area (Å²) in [5, 5.41) is 8.92. The number of hydrogen-bond donors (Lipinski definition) is 1. The molecule has 1 aromatic heterocycles. The first kappa shape index (κ1) is 11.3. The summed E-state index contributed by atoms with van der Waals surface area (Å²) in [5.74, 6) is 1.74. The van der Waals surface area contributed by atoms with E-state index in [0.717, 1.165) is 5.75 Å². The highest BCUT2D eigenvalue weighted by Crippen LogP contribution is 2.21. The van der Waals surface area contributed by atoms with Gasteiger partial charge in [0, 0.05) is 0 Å². The maximum Gasteiger partial charge on any atom is 0.238 e. The summed E-state index contributed by atoms with van der Waals surface area (Å²) in [6.45, 7) is -0.160. The fourth-order valence-corrected chi connectivity index (χ4v) is 1.28. The van der Waals surface area contributed by atoms with E-state index < -0.39 is 0 Å². The van der Waals surface area contributed by atoms with E-state index in [9.17, 15) is 0 Å². The molecule has 1 N–H and O–H groups in total.